The van der Waals surface area contributed by atoms with E-state index in [2.05, 4.69) is 21.3 Å². The Morgan fingerprint density at radius 1 is 1.24 bits per heavy atom. The van der Waals surface area contributed by atoms with Gasteiger partial charge in [0.05, 0.1) is 25.3 Å². The topological polar surface area (TPSA) is 52.6 Å². The predicted octanol–water partition coefficient (Wildman–Crippen LogP) is 1.14. The lowest BCUT2D eigenvalue weighted by molar-refractivity contribution is -0.133. The number of esters is 2. The van der Waals surface area contributed by atoms with Crippen molar-refractivity contribution in [1.82, 2.24) is 0 Å². The highest BCUT2D eigenvalue weighted by molar-refractivity contribution is 5.90. The van der Waals surface area contributed by atoms with Gasteiger partial charge in [0.15, 0.2) is 0 Å². The normalized spacial score (nSPS) is 8.88. The lowest BCUT2D eigenvalue weighted by Gasteiger charge is -2.00. The summed E-state index contributed by atoms with van der Waals surface area (Å²) in [6, 6.07) is 3.64. The second-order valence-corrected chi connectivity index (χ2v) is 2.93. The second kappa shape index (κ2) is 5.66. The van der Waals surface area contributed by atoms with Crippen LogP contribution in [0.15, 0.2) is 18.2 Å². The van der Waals surface area contributed by atoms with Crippen LogP contribution in [-0.2, 0) is 14.3 Å². The summed E-state index contributed by atoms with van der Waals surface area (Å²) < 4.78 is 22.2. The maximum atomic E-state index is 13.4. The van der Waals surface area contributed by atoms with Crippen molar-refractivity contribution >= 4 is 11.9 Å². The number of carbonyl (C=O) groups is 2. The van der Waals surface area contributed by atoms with Crippen LogP contribution >= 0.6 is 0 Å². The average Bonchev–Trinajstić information content (AvgIpc) is 2.35. The molecule has 0 bridgehead atoms. The van der Waals surface area contributed by atoms with Gasteiger partial charge in [-0.25, -0.2) is 14.0 Å². The lowest BCUT2D eigenvalue weighted by atomic mass is 10.1. The molecule has 0 aliphatic carbocycles. The maximum Gasteiger partial charge on any atom is 0.384 e. The second-order valence-electron chi connectivity index (χ2n) is 2.93. The highest BCUT2D eigenvalue weighted by Gasteiger charge is 2.08. The van der Waals surface area contributed by atoms with E-state index in [-0.39, 0.29) is 11.1 Å². The number of hydrogen-bond acceptors (Lipinski definition) is 4. The Bertz CT molecular complexity index is 511. The third-order valence-electron chi connectivity index (χ3n) is 1.87. The quantitative estimate of drug-likeness (QED) is 0.542. The number of ether oxygens (including phenoxy) is 2. The summed E-state index contributed by atoms with van der Waals surface area (Å²) in [5.74, 6) is 2.27. The number of methoxy groups -OCH3 is 2. The minimum Gasteiger partial charge on any atom is -0.465 e. The van der Waals surface area contributed by atoms with Gasteiger partial charge in [-0.2, -0.15) is 0 Å². The number of rotatable bonds is 1. The van der Waals surface area contributed by atoms with Crippen LogP contribution in [0.4, 0.5) is 4.39 Å². The van der Waals surface area contributed by atoms with Crippen molar-refractivity contribution in [3.63, 3.8) is 0 Å². The molecule has 0 heterocycles. The van der Waals surface area contributed by atoms with E-state index in [4.69, 9.17) is 0 Å². The van der Waals surface area contributed by atoms with Crippen LogP contribution in [0.25, 0.3) is 0 Å². The molecule has 0 amide bonds. The highest BCUT2D eigenvalue weighted by Crippen LogP contribution is 2.10. The van der Waals surface area contributed by atoms with Gasteiger partial charge in [-0.05, 0) is 18.2 Å². The molecule has 0 aliphatic rings. The average molecular weight is 236 g/mol. The third-order valence-corrected chi connectivity index (χ3v) is 1.87. The summed E-state index contributed by atoms with van der Waals surface area (Å²) in [6.07, 6.45) is 0. The highest BCUT2D eigenvalue weighted by atomic mass is 19.1. The van der Waals surface area contributed by atoms with E-state index >= 15 is 0 Å². The molecule has 1 aromatic rings. The van der Waals surface area contributed by atoms with Crippen LogP contribution in [0, 0.1) is 17.7 Å². The summed E-state index contributed by atoms with van der Waals surface area (Å²) in [5.41, 5.74) is 0.0803. The van der Waals surface area contributed by atoms with Crippen LogP contribution in [0.2, 0.25) is 0 Å². The van der Waals surface area contributed by atoms with Crippen LogP contribution < -0.4 is 0 Å². The van der Waals surface area contributed by atoms with E-state index in [1.807, 2.05) is 0 Å². The molecule has 1 aromatic carbocycles. The Balaban J connectivity index is 3.01. The van der Waals surface area contributed by atoms with Crippen molar-refractivity contribution in [2.45, 2.75) is 0 Å². The van der Waals surface area contributed by atoms with Crippen LogP contribution in [0.1, 0.15) is 15.9 Å². The van der Waals surface area contributed by atoms with Gasteiger partial charge >= 0.3 is 11.9 Å². The molecule has 0 radical (unpaired) electrons. The van der Waals surface area contributed by atoms with E-state index in [1.165, 1.54) is 26.4 Å². The van der Waals surface area contributed by atoms with Crippen LogP contribution in [0.5, 0.6) is 0 Å². The number of benzene rings is 1. The number of carbonyl (C=O) groups excluding carboxylic acids is 2. The van der Waals surface area contributed by atoms with E-state index in [0.717, 1.165) is 6.07 Å². The smallest absolute Gasteiger partial charge is 0.384 e. The Kier molecular flexibility index (Phi) is 4.23. The minimum absolute atomic E-state index is 0.00283. The maximum absolute atomic E-state index is 13.4. The Hall–Kier alpha value is -2.35. The van der Waals surface area contributed by atoms with Crippen LogP contribution in [0.3, 0.4) is 0 Å². The first-order valence-corrected chi connectivity index (χ1v) is 4.56. The molecule has 17 heavy (non-hydrogen) atoms. The van der Waals surface area contributed by atoms with Crippen molar-refractivity contribution in [3.8, 4) is 11.8 Å². The molecule has 0 aliphatic heterocycles. The largest absolute Gasteiger partial charge is 0.465 e. The molecular formula is C12H9FO4. The molecule has 0 fully saturated rings. The van der Waals surface area contributed by atoms with Gasteiger partial charge in [0.1, 0.15) is 5.82 Å². The molecule has 0 atom stereocenters. The zero-order chi connectivity index (χ0) is 12.8. The fourth-order valence-electron chi connectivity index (χ4n) is 1.03. The van der Waals surface area contributed by atoms with Gasteiger partial charge in [-0.1, -0.05) is 5.92 Å². The summed E-state index contributed by atoms with van der Waals surface area (Å²) in [4.78, 5) is 21.8. The van der Waals surface area contributed by atoms with E-state index in [9.17, 15) is 14.0 Å². The standard InChI is InChI=1S/C12H9FO4/c1-16-11(14)6-5-8-3-4-9(7-10(8)13)12(15)17-2/h3-4,7H,1-2H3. The summed E-state index contributed by atoms with van der Waals surface area (Å²) in [6.45, 7) is 0. The Labute approximate surface area is 97.3 Å². The summed E-state index contributed by atoms with van der Waals surface area (Å²) in [7, 11) is 2.37. The van der Waals surface area contributed by atoms with Gasteiger partial charge in [0.25, 0.3) is 0 Å². The molecule has 0 saturated carbocycles. The van der Waals surface area contributed by atoms with Gasteiger partial charge in [-0.3, -0.25) is 0 Å². The Morgan fingerprint density at radius 3 is 2.47 bits per heavy atom. The number of hydrogen-bond donors (Lipinski definition) is 0. The molecule has 0 N–H and O–H groups in total. The van der Waals surface area contributed by atoms with E-state index in [1.54, 1.807) is 0 Å². The molecule has 0 unspecified atom stereocenters. The van der Waals surface area contributed by atoms with E-state index in [0.29, 0.717) is 0 Å². The fraction of sp³-hybridized carbons (Fsp3) is 0.167. The van der Waals surface area contributed by atoms with E-state index < -0.39 is 17.8 Å². The molecule has 4 nitrogen and oxygen atoms in total. The van der Waals surface area contributed by atoms with Crippen molar-refractivity contribution in [3.05, 3.63) is 35.1 Å². The van der Waals surface area contributed by atoms with Gasteiger partial charge in [0.2, 0.25) is 0 Å². The summed E-state index contributed by atoms with van der Waals surface area (Å²) in [5, 5.41) is 0. The molecule has 1 rings (SSSR count). The first-order valence-electron chi connectivity index (χ1n) is 4.56. The molecule has 0 spiro atoms. The SMILES string of the molecule is COC(=O)C#Cc1ccc(C(=O)OC)cc1F. The fourth-order valence-corrected chi connectivity index (χ4v) is 1.03. The van der Waals surface area contributed by atoms with Gasteiger partial charge in [0, 0.05) is 5.92 Å². The summed E-state index contributed by atoms with van der Waals surface area (Å²) >= 11 is 0. The molecule has 5 heteroatoms. The Morgan fingerprint density at radius 2 is 1.94 bits per heavy atom. The molecular weight excluding hydrogens is 227 g/mol. The zero-order valence-electron chi connectivity index (χ0n) is 9.24. The molecule has 88 valence electrons. The molecule has 0 saturated heterocycles. The first-order chi connectivity index (χ1) is 8.08. The zero-order valence-corrected chi connectivity index (χ0v) is 9.24. The third kappa shape index (κ3) is 3.31. The molecule has 0 aromatic heterocycles. The lowest BCUT2D eigenvalue weighted by Crippen LogP contribution is -2.02. The van der Waals surface area contributed by atoms with Crippen molar-refractivity contribution < 1.29 is 23.5 Å². The van der Waals surface area contributed by atoms with Crippen molar-refractivity contribution in [1.29, 1.82) is 0 Å². The minimum atomic E-state index is -0.763. The van der Waals surface area contributed by atoms with Crippen molar-refractivity contribution in [2.75, 3.05) is 14.2 Å². The monoisotopic (exact) mass is 236 g/mol. The number of halogens is 1. The predicted molar refractivity (Wildman–Crippen MR) is 56.6 cm³/mol. The van der Waals surface area contributed by atoms with Gasteiger partial charge in [-0.15, -0.1) is 0 Å². The van der Waals surface area contributed by atoms with Crippen LogP contribution in [-0.4, -0.2) is 26.2 Å². The first kappa shape index (κ1) is 12.7. The van der Waals surface area contributed by atoms with Crippen molar-refractivity contribution in [2.24, 2.45) is 0 Å². The van der Waals surface area contributed by atoms with Gasteiger partial charge < -0.3 is 9.47 Å².